The first-order valence-electron chi connectivity index (χ1n) is 7.57. The molecular weight excluding hydrogens is 296 g/mol. The summed E-state index contributed by atoms with van der Waals surface area (Å²) in [5.41, 5.74) is 0.637. The number of ether oxygens (including phenoxy) is 1. The molecule has 0 spiro atoms. The summed E-state index contributed by atoms with van der Waals surface area (Å²) in [5, 5.41) is 14.7. The minimum Gasteiger partial charge on any atom is -0.504 e. The third kappa shape index (κ3) is 1.98. The highest BCUT2D eigenvalue weighted by Crippen LogP contribution is 2.52. The molecule has 0 radical (unpaired) electrons. The molecule has 0 aromatic heterocycles. The number of allylic oxidation sites excluding steroid dienone is 2. The fraction of sp³-hybridized carbons (Fsp3) is 0.353. The van der Waals surface area contributed by atoms with Gasteiger partial charge in [-0.1, -0.05) is 12.2 Å². The van der Waals surface area contributed by atoms with Crippen LogP contribution >= 0.6 is 0 Å². The number of hydrogen-bond acceptors (Lipinski definition) is 5. The van der Waals surface area contributed by atoms with Crippen molar-refractivity contribution in [3.63, 3.8) is 0 Å². The van der Waals surface area contributed by atoms with Crippen LogP contribution in [0.2, 0.25) is 0 Å². The first-order chi connectivity index (χ1) is 11.1. The van der Waals surface area contributed by atoms with Crippen molar-refractivity contribution < 1.29 is 19.4 Å². The number of carbonyl (C=O) groups is 2. The monoisotopic (exact) mass is 312 g/mol. The zero-order valence-electron chi connectivity index (χ0n) is 12.5. The van der Waals surface area contributed by atoms with Crippen molar-refractivity contribution in [3.05, 3.63) is 35.9 Å². The molecular formula is C17H16N2O4. The first kappa shape index (κ1) is 14.0. The second-order valence-electron chi connectivity index (χ2n) is 6.16. The summed E-state index contributed by atoms with van der Waals surface area (Å²) < 4.78 is 5.03. The molecule has 1 saturated carbocycles. The number of fused-ring (bicyclic) bond motifs is 5. The average Bonchev–Trinajstić information content (AvgIpc) is 3.22. The number of hydrazone groups is 1. The summed E-state index contributed by atoms with van der Waals surface area (Å²) in [7, 11) is 1.45. The molecule has 1 aromatic carbocycles. The summed E-state index contributed by atoms with van der Waals surface area (Å²) in [6.07, 6.45) is 6.44. The van der Waals surface area contributed by atoms with E-state index in [1.54, 1.807) is 12.1 Å². The van der Waals surface area contributed by atoms with Gasteiger partial charge in [-0.25, -0.2) is 0 Å². The number of hydrogen-bond donors (Lipinski definition) is 1. The number of amides is 2. The Hall–Kier alpha value is -2.63. The van der Waals surface area contributed by atoms with E-state index in [4.69, 9.17) is 4.74 Å². The molecule has 2 aliphatic carbocycles. The van der Waals surface area contributed by atoms with Crippen LogP contribution in [0.1, 0.15) is 12.0 Å². The Morgan fingerprint density at radius 3 is 2.48 bits per heavy atom. The molecule has 23 heavy (non-hydrogen) atoms. The van der Waals surface area contributed by atoms with Gasteiger partial charge in [0, 0.05) is 0 Å². The SMILES string of the molecule is COc1cc(/C=N\N2C(=O)[C@@H]3[C@H](C2=O)[C@@H]2C=C[C@H]3C2)ccc1O. The molecule has 3 aliphatic rings. The molecule has 1 heterocycles. The van der Waals surface area contributed by atoms with Gasteiger partial charge in [0.15, 0.2) is 11.5 Å². The maximum Gasteiger partial charge on any atom is 0.254 e. The molecule has 2 fully saturated rings. The van der Waals surface area contributed by atoms with Gasteiger partial charge in [0.25, 0.3) is 11.8 Å². The van der Waals surface area contributed by atoms with Crippen molar-refractivity contribution in [2.24, 2.45) is 28.8 Å². The Balaban J connectivity index is 1.58. The number of methoxy groups -OCH3 is 1. The van der Waals surface area contributed by atoms with Crippen LogP contribution in [0.15, 0.2) is 35.5 Å². The van der Waals surface area contributed by atoms with Gasteiger partial charge in [-0.05, 0) is 42.0 Å². The Bertz CT molecular complexity index is 725. The predicted octanol–water partition coefficient (Wildman–Crippen LogP) is 1.54. The molecule has 0 unspecified atom stereocenters. The molecule has 118 valence electrons. The molecule has 1 aromatic rings. The van der Waals surface area contributed by atoms with Crippen molar-refractivity contribution in [2.75, 3.05) is 7.11 Å². The third-order valence-corrected chi connectivity index (χ3v) is 4.97. The number of carbonyl (C=O) groups excluding carboxylic acids is 2. The van der Waals surface area contributed by atoms with Crippen molar-refractivity contribution >= 4 is 18.0 Å². The number of aromatic hydroxyl groups is 1. The number of benzene rings is 1. The number of phenols is 1. The standard InChI is InChI=1S/C17H16N2O4/c1-23-13-6-9(2-5-12(13)20)8-18-19-16(21)14-10-3-4-11(7-10)15(14)17(19)22/h2-6,8,10-11,14-15,20H,7H2,1H3/b18-8-/t10-,11+,14-,15+. The maximum absolute atomic E-state index is 12.5. The molecule has 2 amide bonds. The van der Waals surface area contributed by atoms with E-state index in [-0.39, 0.29) is 41.2 Å². The zero-order chi connectivity index (χ0) is 16.1. The van der Waals surface area contributed by atoms with Crippen LogP contribution in [0.3, 0.4) is 0 Å². The van der Waals surface area contributed by atoms with Gasteiger partial charge in [-0.3, -0.25) is 9.59 Å². The lowest BCUT2D eigenvalue weighted by Crippen LogP contribution is -2.28. The van der Waals surface area contributed by atoms with E-state index in [9.17, 15) is 14.7 Å². The van der Waals surface area contributed by atoms with E-state index in [2.05, 4.69) is 17.3 Å². The van der Waals surface area contributed by atoms with Gasteiger partial charge < -0.3 is 9.84 Å². The van der Waals surface area contributed by atoms with Gasteiger partial charge in [-0.2, -0.15) is 10.1 Å². The second kappa shape index (κ2) is 4.94. The van der Waals surface area contributed by atoms with E-state index < -0.39 is 0 Å². The molecule has 6 heteroatoms. The predicted molar refractivity (Wildman–Crippen MR) is 81.8 cm³/mol. The van der Waals surface area contributed by atoms with Crippen LogP contribution in [-0.4, -0.2) is 35.3 Å². The van der Waals surface area contributed by atoms with Gasteiger partial charge >= 0.3 is 0 Å². The summed E-state index contributed by atoms with van der Waals surface area (Å²) in [6, 6.07) is 4.71. The van der Waals surface area contributed by atoms with Gasteiger partial charge in [-0.15, -0.1) is 0 Å². The van der Waals surface area contributed by atoms with Crippen LogP contribution < -0.4 is 4.74 Å². The van der Waals surface area contributed by atoms with Crippen molar-refractivity contribution in [1.82, 2.24) is 5.01 Å². The lowest BCUT2D eigenvalue weighted by atomic mass is 9.85. The maximum atomic E-state index is 12.5. The van der Waals surface area contributed by atoms with E-state index in [1.807, 2.05) is 0 Å². The quantitative estimate of drug-likeness (QED) is 0.522. The van der Waals surface area contributed by atoms with Gasteiger partial charge in [0.2, 0.25) is 0 Å². The number of rotatable bonds is 3. The number of imide groups is 1. The highest BCUT2D eigenvalue weighted by Gasteiger charge is 2.59. The fourth-order valence-electron chi connectivity index (χ4n) is 3.90. The van der Waals surface area contributed by atoms with Crippen molar-refractivity contribution in [1.29, 1.82) is 0 Å². The molecule has 1 N–H and O–H groups in total. The highest BCUT2D eigenvalue weighted by atomic mass is 16.5. The van der Waals surface area contributed by atoms with Gasteiger partial charge in [0.1, 0.15) is 0 Å². The Kier molecular flexibility index (Phi) is 3.01. The molecule has 2 bridgehead atoms. The average molecular weight is 312 g/mol. The summed E-state index contributed by atoms with van der Waals surface area (Å²) in [6.45, 7) is 0. The van der Waals surface area contributed by atoms with Crippen LogP contribution in [0.25, 0.3) is 0 Å². The van der Waals surface area contributed by atoms with Crippen LogP contribution in [0, 0.1) is 23.7 Å². The molecule has 4 rings (SSSR count). The second-order valence-corrected chi connectivity index (χ2v) is 6.16. The third-order valence-electron chi connectivity index (χ3n) is 4.97. The number of nitrogens with zero attached hydrogens (tertiary/aromatic N) is 2. The minimum absolute atomic E-state index is 0.0233. The fourth-order valence-corrected chi connectivity index (χ4v) is 3.90. The minimum atomic E-state index is -0.246. The lowest BCUT2D eigenvalue weighted by Gasteiger charge is -2.13. The summed E-state index contributed by atoms with van der Waals surface area (Å²) >= 11 is 0. The van der Waals surface area contributed by atoms with E-state index in [0.717, 1.165) is 11.4 Å². The van der Waals surface area contributed by atoms with Crippen LogP contribution in [-0.2, 0) is 9.59 Å². The Morgan fingerprint density at radius 2 is 1.87 bits per heavy atom. The number of phenolic OH excluding ortho intramolecular Hbond substituents is 1. The molecule has 6 nitrogen and oxygen atoms in total. The lowest BCUT2D eigenvalue weighted by molar-refractivity contribution is -0.140. The Morgan fingerprint density at radius 1 is 1.22 bits per heavy atom. The molecule has 1 saturated heterocycles. The topological polar surface area (TPSA) is 79.2 Å². The van der Waals surface area contributed by atoms with Crippen molar-refractivity contribution in [3.8, 4) is 11.5 Å². The summed E-state index contributed by atoms with van der Waals surface area (Å²) in [5.74, 6) is -0.223. The normalized spacial score (nSPS) is 31.4. The van der Waals surface area contributed by atoms with Crippen LogP contribution in [0.5, 0.6) is 11.5 Å². The zero-order valence-corrected chi connectivity index (χ0v) is 12.5. The first-order valence-corrected chi connectivity index (χ1v) is 7.57. The van der Waals surface area contributed by atoms with Gasteiger partial charge in [0.05, 0.1) is 25.2 Å². The largest absolute Gasteiger partial charge is 0.504 e. The smallest absolute Gasteiger partial charge is 0.254 e. The molecule has 4 atom stereocenters. The highest BCUT2D eigenvalue weighted by molar-refractivity contribution is 6.06. The van der Waals surface area contributed by atoms with E-state index >= 15 is 0 Å². The van der Waals surface area contributed by atoms with E-state index in [1.165, 1.54) is 19.4 Å². The molecule has 1 aliphatic heterocycles. The van der Waals surface area contributed by atoms with Crippen LogP contribution in [0.4, 0.5) is 0 Å². The van der Waals surface area contributed by atoms with E-state index in [0.29, 0.717) is 11.3 Å². The summed E-state index contributed by atoms with van der Waals surface area (Å²) in [4.78, 5) is 25.0. The Labute approximate surface area is 133 Å². The van der Waals surface area contributed by atoms with Crippen molar-refractivity contribution in [2.45, 2.75) is 6.42 Å².